The fourth-order valence-corrected chi connectivity index (χ4v) is 2.26. The van der Waals surface area contributed by atoms with E-state index >= 15 is 0 Å². The first-order valence-corrected chi connectivity index (χ1v) is 6.89. The number of ether oxygens (including phenoxy) is 1. The standard InChI is InChI=1S/C16H8BrFN2O/c17-12-5-6-13(18)15(8-12)21-16-11(9-19)7-10-3-1-2-4-14(10)20-16/h1-8H. The number of aromatic nitrogens is 1. The van der Waals surface area contributed by atoms with Crippen LogP contribution in [-0.2, 0) is 0 Å². The van der Waals surface area contributed by atoms with Crippen molar-refractivity contribution in [1.82, 2.24) is 4.98 Å². The number of nitrogens with zero attached hydrogens (tertiary/aromatic N) is 2. The summed E-state index contributed by atoms with van der Waals surface area (Å²) >= 11 is 3.25. The molecule has 0 aliphatic rings. The molecule has 102 valence electrons. The number of nitriles is 1. The van der Waals surface area contributed by atoms with E-state index in [1.807, 2.05) is 24.3 Å². The van der Waals surface area contributed by atoms with E-state index in [2.05, 4.69) is 20.9 Å². The largest absolute Gasteiger partial charge is 0.435 e. The lowest BCUT2D eigenvalue weighted by atomic mass is 10.1. The average molecular weight is 343 g/mol. The molecule has 3 aromatic rings. The predicted octanol–water partition coefficient (Wildman–Crippen LogP) is 4.80. The summed E-state index contributed by atoms with van der Waals surface area (Å²) in [5, 5.41) is 10.0. The molecule has 0 atom stereocenters. The van der Waals surface area contributed by atoms with E-state index in [1.165, 1.54) is 12.1 Å². The molecule has 3 nitrogen and oxygen atoms in total. The topological polar surface area (TPSA) is 45.9 Å². The van der Waals surface area contributed by atoms with E-state index in [9.17, 15) is 9.65 Å². The van der Waals surface area contributed by atoms with Gasteiger partial charge in [0.05, 0.1) is 5.52 Å². The molecule has 0 unspecified atom stereocenters. The van der Waals surface area contributed by atoms with Gasteiger partial charge in [-0.3, -0.25) is 0 Å². The second-order valence-corrected chi connectivity index (χ2v) is 5.24. The lowest BCUT2D eigenvalue weighted by Crippen LogP contribution is -1.95. The highest BCUT2D eigenvalue weighted by molar-refractivity contribution is 9.10. The smallest absolute Gasteiger partial charge is 0.238 e. The van der Waals surface area contributed by atoms with Crippen LogP contribution in [0.5, 0.6) is 11.6 Å². The van der Waals surface area contributed by atoms with Crippen molar-refractivity contribution in [2.45, 2.75) is 0 Å². The molecule has 1 aromatic heterocycles. The molecule has 0 saturated heterocycles. The SMILES string of the molecule is N#Cc1cc2ccccc2nc1Oc1cc(Br)ccc1F. The van der Waals surface area contributed by atoms with Gasteiger partial charge in [-0.15, -0.1) is 0 Å². The molecule has 5 heteroatoms. The van der Waals surface area contributed by atoms with Gasteiger partial charge in [0.1, 0.15) is 11.6 Å². The Morgan fingerprint density at radius 1 is 1.14 bits per heavy atom. The molecule has 3 rings (SSSR count). The van der Waals surface area contributed by atoms with Crippen LogP contribution in [0.25, 0.3) is 10.9 Å². The third kappa shape index (κ3) is 2.71. The number of hydrogen-bond donors (Lipinski definition) is 0. The van der Waals surface area contributed by atoms with Crippen LogP contribution in [-0.4, -0.2) is 4.98 Å². The summed E-state index contributed by atoms with van der Waals surface area (Å²) in [6.07, 6.45) is 0. The molecule has 0 fully saturated rings. The molecule has 0 saturated carbocycles. The van der Waals surface area contributed by atoms with E-state index < -0.39 is 5.82 Å². The Morgan fingerprint density at radius 2 is 1.95 bits per heavy atom. The zero-order valence-electron chi connectivity index (χ0n) is 10.7. The van der Waals surface area contributed by atoms with Crippen LogP contribution in [0.3, 0.4) is 0 Å². The van der Waals surface area contributed by atoms with Gasteiger partial charge in [0, 0.05) is 9.86 Å². The molecule has 0 spiro atoms. The minimum atomic E-state index is -0.517. The fourth-order valence-electron chi connectivity index (χ4n) is 1.92. The summed E-state index contributed by atoms with van der Waals surface area (Å²) in [5.41, 5.74) is 0.940. The number of hydrogen-bond acceptors (Lipinski definition) is 3. The number of benzene rings is 2. The maximum Gasteiger partial charge on any atom is 0.238 e. The molecular weight excluding hydrogens is 335 g/mol. The summed E-state index contributed by atoms with van der Waals surface area (Å²) in [7, 11) is 0. The zero-order chi connectivity index (χ0) is 14.8. The van der Waals surface area contributed by atoms with Gasteiger partial charge in [-0.2, -0.15) is 5.26 Å². The van der Waals surface area contributed by atoms with Crippen LogP contribution in [0.2, 0.25) is 0 Å². The van der Waals surface area contributed by atoms with Crippen LogP contribution in [0.15, 0.2) is 53.0 Å². The molecule has 0 bridgehead atoms. The van der Waals surface area contributed by atoms with Crippen LogP contribution < -0.4 is 4.74 Å². The number of fused-ring (bicyclic) bond motifs is 1. The van der Waals surface area contributed by atoms with Gasteiger partial charge in [0.15, 0.2) is 11.6 Å². The van der Waals surface area contributed by atoms with Crippen LogP contribution in [0.1, 0.15) is 5.56 Å². The maximum atomic E-state index is 13.7. The predicted molar refractivity (Wildman–Crippen MR) is 80.6 cm³/mol. The number of para-hydroxylation sites is 1. The van der Waals surface area contributed by atoms with Crippen LogP contribution in [0.4, 0.5) is 4.39 Å². The molecule has 0 aliphatic heterocycles. The summed E-state index contributed by atoms with van der Waals surface area (Å²) < 4.78 is 19.9. The van der Waals surface area contributed by atoms with Crippen LogP contribution >= 0.6 is 15.9 Å². The maximum absolute atomic E-state index is 13.7. The van der Waals surface area contributed by atoms with Gasteiger partial charge in [0.25, 0.3) is 0 Å². The summed E-state index contributed by atoms with van der Waals surface area (Å²) in [5.74, 6) is -0.408. The zero-order valence-corrected chi connectivity index (χ0v) is 12.3. The quantitative estimate of drug-likeness (QED) is 0.671. The van der Waals surface area contributed by atoms with E-state index in [1.54, 1.807) is 18.2 Å². The van der Waals surface area contributed by atoms with Gasteiger partial charge >= 0.3 is 0 Å². The van der Waals surface area contributed by atoms with Crippen molar-refractivity contribution in [2.75, 3.05) is 0 Å². The van der Waals surface area contributed by atoms with E-state index in [4.69, 9.17) is 4.74 Å². The summed E-state index contributed by atoms with van der Waals surface area (Å²) in [4.78, 5) is 4.29. The molecule has 2 aromatic carbocycles. The molecule has 21 heavy (non-hydrogen) atoms. The first-order valence-electron chi connectivity index (χ1n) is 6.10. The normalized spacial score (nSPS) is 10.3. The first kappa shape index (κ1) is 13.5. The Balaban J connectivity index is 2.11. The second-order valence-electron chi connectivity index (χ2n) is 4.32. The fraction of sp³-hybridized carbons (Fsp3) is 0. The van der Waals surface area contributed by atoms with Gasteiger partial charge in [-0.1, -0.05) is 34.1 Å². The summed E-state index contributed by atoms with van der Waals surface area (Å²) in [6.45, 7) is 0. The molecular formula is C16H8BrFN2O. The van der Waals surface area contributed by atoms with E-state index in [0.717, 1.165) is 5.39 Å². The summed E-state index contributed by atoms with van der Waals surface area (Å²) in [6, 6.07) is 15.4. The monoisotopic (exact) mass is 342 g/mol. The Hall–Kier alpha value is -2.45. The first-order chi connectivity index (χ1) is 10.2. The highest BCUT2D eigenvalue weighted by atomic mass is 79.9. The number of pyridine rings is 1. The second kappa shape index (κ2) is 5.51. The Bertz CT molecular complexity index is 874. The third-order valence-corrected chi connectivity index (χ3v) is 3.40. The van der Waals surface area contributed by atoms with E-state index in [0.29, 0.717) is 9.99 Å². The Morgan fingerprint density at radius 3 is 2.76 bits per heavy atom. The van der Waals surface area contributed by atoms with Crippen molar-refractivity contribution in [1.29, 1.82) is 5.26 Å². The lowest BCUT2D eigenvalue weighted by Gasteiger charge is -2.09. The Kier molecular flexibility index (Phi) is 3.55. The highest BCUT2D eigenvalue weighted by Crippen LogP contribution is 2.30. The molecule has 0 amide bonds. The average Bonchev–Trinajstić information content (AvgIpc) is 2.50. The van der Waals surface area contributed by atoms with Gasteiger partial charge in [-0.25, -0.2) is 9.37 Å². The number of rotatable bonds is 2. The molecule has 0 aliphatic carbocycles. The van der Waals surface area contributed by atoms with Gasteiger partial charge in [0.2, 0.25) is 5.88 Å². The highest BCUT2D eigenvalue weighted by Gasteiger charge is 2.12. The van der Waals surface area contributed by atoms with Crippen molar-refractivity contribution in [3.63, 3.8) is 0 Å². The van der Waals surface area contributed by atoms with E-state index in [-0.39, 0.29) is 17.2 Å². The van der Waals surface area contributed by atoms with Gasteiger partial charge < -0.3 is 4.74 Å². The van der Waals surface area contributed by atoms with Crippen molar-refractivity contribution in [3.8, 4) is 17.7 Å². The third-order valence-electron chi connectivity index (χ3n) is 2.91. The lowest BCUT2D eigenvalue weighted by molar-refractivity contribution is 0.427. The minimum absolute atomic E-state index is 0.0173. The molecule has 1 heterocycles. The van der Waals surface area contributed by atoms with Crippen molar-refractivity contribution >= 4 is 26.8 Å². The van der Waals surface area contributed by atoms with Crippen molar-refractivity contribution < 1.29 is 9.13 Å². The number of halogens is 2. The van der Waals surface area contributed by atoms with Crippen LogP contribution in [0, 0.1) is 17.1 Å². The van der Waals surface area contributed by atoms with Crippen molar-refractivity contribution in [2.24, 2.45) is 0 Å². The Labute approximate surface area is 128 Å². The molecule has 0 radical (unpaired) electrons. The minimum Gasteiger partial charge on any atom is -0.435 e. The van der Waals surface area contributed by atoms with Gasteiger partial charge in [-0.05, 0) is 30.3 Å². The molecule has 0 N–H and O–H groups in total. The van der Waals surface area contributed by atoms with Crippen molar-refractivity contribution in [3.05, 3.63) is 64.4 Å².